The highest BCUT2D eigenvalue weighted by atomic mass is 32.2. The van der Waals surface area contributed by atoms with E-state index < -0.39 is 16.3 Å². The third-order valence-corrected chi connectivity index (χ3v) is 5.44. The molecule has 1 aliphatic carbocycles. The van der Waals surface area contributed by atoms with Crippen molar-refractivity contribution in [2.75, 3.05) is 26.3 Å². The van der Waals surface area contributed by atoms with Crippen LogP contribution >= 0.6 is 0 Å². The first kappa shape index (κ1) is 14.7. The van der Waals surface area contributed by atoms with Crippen molar-refractivity contribution >= 4 is 10.2 Å². The van der Waals surface area contributed by atoms with Crippen LogP contribution in [0.3, 0.4) is 0 Å². The molecule has 19 heavy (non-hydrogen) atoms. The molecule has 1 atom stereocenters. The topological polar surface area (TPSA) is 82.4 Å². The second kappa shape index (κ2) is 6.66. The number of nitrogens with zero attached hydrogens (tertiary/aromatic N) is 2. The van der Waals surface area contributed by atoms with Crippen molar-refractivity contribution in [1.29, 1.82) is 5.26 Å². The first-order valence-corrected chi connectivity index (χ1v) is 8.32. The van der Waals surface area contributed by atoms with Crippen LogP contribution < -0.4 is 4.72 Å². The van der Waals surface area contributed by atoms with Crippen LogP contribution in [0.25, 0.3) is 0 Å². The molecule has 2 fully saturated rings. The van der Waals surface area contributed by atoms with Gasteiger partial charge in [-0.1, -0.05) is 19.3 Å². The molecular formula is C12H21N3O3S. The van der Waals surface area contributed by atoms with Gasteiger partial charge in [-0.15, -0.1) is 0 Å². The molecule has 0 radical (unpaired) electrons. The molecule has 2 aliphatic rings. The van der Waals surface area contributed by atoms with E-state index >= 15 is 0 Å². The maximum atomic E-state index is 12.2. The Labute approximate surface area is 114 Å². The van der Waals surface area contributed by atoms with E-state index in [4.69, 9.17) is 4.74 Å². The van der Waals surface area contributed by atoms with Crippen LogP contribution in [0.2, 0.25) is 0 Å². The maximum Gasteiger partial charge on any atom is 0.280 e. The molecule has 0 aromatic rings. The van der Waals surface area contributed by atoms with Gasteiger partial charge in [-0.25, -0.2) is 0 Å². The summed E-state index contributed by atoms with van der Waals surface area (Å²) < 4.78 is 33.5. The molecule has 0 spiro atoms. The van der Waals surface area contributed by atoms with E-state index in [1.54, 1.807) is 0 Å². The third-order valence-electron chi connectivity index (χ3n) is 3.85. The quantitative estimate of drug-likeness (QED) is 0.822. The lowest BCUT2D eigenvalue weighted by molar-refractivity contribution is 0.0722. The average Bonchev–Trinajstić information content (AvgIpc) is 2.47. The minimum absolute atomic E-state index is 0.148. The Morgan fingerprint density at radius 2 is 1.84 bits per heavy atom. The molecule has 1 aliphatic heterocycles. The molecule has 108 valence electrons. The zero-order chi connectivity index (χ0) is 13.7. The van der Waals surface area contributed by atoms with Gasteiger partial charge in [0, 0.05) is 13.1 Å². The molecule has 1 unspecified atom stereocenters. The fraction of sp³-hybridized carbons (Fsp3) is 0.917. The van der Waals surface area contributed by atoms with Gasteiger partial charge < -0.3 is 4.74 Å². The van der Waals surface area contributed by atoms with E-state index in [9.17, 15) is 13.7 Å². The Bertz CT molecular complexity index is 420. The van der Waals surface area contributed by atoms with Gasteiger partial charge >= 0.3 is 0 Å². The molecular weight excluding hydrogens is 266 g/mol. The maximum absolute atomic E-state index is 12.2. The lowest BCUT2D eigenvalue weighted by atomic mass is 9.85. The van der Waals surface area contributed by atoms with E-state index in [0.717, 1.165) is 25.7 Å². The highest BCUT2D eigenvalue weighted by molar-refractivity contribution is 7.87. The van der Waals surface area contributed by atoms with E-state index in [-0.39, 0.29) is 5.92 Å². The number of ether oxygens (including phenoxy) is 1. The largest absolute Gasteiger partial charge is 0.379 e. The van der Waals surface area contributed by atoms with Crippen LogP contribution in [0, 0.1) is 17.2 Å². The summed E-state index contributed by atoms with van der Waals surface area (Å²) in [4.78, 5) is 0. The summed E-state index contributed by atoms with van der Waals surface area (Å²) in [5, 5.41) is 9.22. The lowest BCUT2D eigenvalue weighted by Gasteiger charge is -2.30. The van der Waals surface area contributed by atoms with Crippen molar-refractivity contribution in [3.05, 3.63) is 0 Å². The Morgan fingerprint density at radius 3 is 2.42 bits per heavy atom. The van der Waals surface area contributed by atoms with E-state index in [2.05, 4.69) is 10.8 Å². The van der Waals surface area contributed by atoms with Gasteiger partial charge in [0.15, 0.2) is 0 Å². The second-order valence-corrected chi connectivity index (χ2v) is 6.84. The fourth-order valence-electron chi connectivity index (χ4n) is 2.72. The number of rotatable bonds is 4. The van der Waals surface area contributed by atoms with E-state index in [1.807, 2.05) is 0 Å². The molecule has 0 aromatic heterocycles. The van der Waals surface area contributed by atoms with Crippen LogP contribution in [-0.2, 0) is 14.9 Å². The van der Waals surface area contributed by atoms with Crippen molar-refractivity contribution in [1.82, 2.24) is 9.03 Å². The molecule has 0 bridgehead atoms. The van der Waals surface area contributed by atoms with Crippen LogP contribution in [0.4, 0.5) is 0 Å². The summed E-state index contributed by atoms with van der Waals surface area (Å²) in [5.74, 6) is 0.148. The lowest BCUT2D eigenvalue weighted by Crippen LogP contribution is -2.51. The molecule has 0 amide bonds. The summed E-state index contributed by atoms with van der Waals surface area (Å²) in [6.45, 7) is 1.55. The zero-order valence-corrected chi connectivity index (χ0v) is 11.9. The van der Waals surface area contributed by atoms with Crippen molar-refractivity contribution < 1.29 is 13.2 Å². The second-order valence-electron chi connectivity index (χ2n) is 5.14. The van der Waals surface area contributed by atoms with E-state index in [0.29, 0.717) is 26.3 Å². The predicted molar refractivity (Wildman–Crippen MR) is 70.4 cm³/mol. The molecule has 0 aromatic carbocycles. The normalized spacial score (nSPS) is 24.8. The number of nitriles is 1. The van der Waals surface area contributed by atoms with E-state index in [1.165, 1.54) is 10.7 Å². The molecule has 7 heteroatoms. The first-order valence-electron chi connectivity index (χ1n) is 6.88. The minimum atomic E-state index is -3.56. The fourth-order valence-corrected chi connectivity index (χ4v) is 4.06. The minimum Gasteiger partial charge on any atom is -0.379 e. The third kappa shape index (κ3) is 3.89. The van der Waals surface area contributed by atoms with Crippen LogP contribution in [0.1, 0.15) is 32.1 Å². The summed E-state index contributed by atoms with van der Waals surface area (Å²) in [6, 6.07) is 1.52. The molecule has 1 saturated heterocycles. The van der Waals surface area contributed by atoms with Crippen LogP contribution in [-0.4, -0.2) is 45.1 Å². The number of morpholine rings is 1. The van der Waals surface area contributed by atoms with Crippen molar-refractivity contribution in [2.24, 2.45) is 5.92 Å². The van der Waals surface area contributed by atoms with Gasteiger partial charge in [0.1, 0.15) is 6.04 Å². The molecule has 2 rings (SSSR count). The summed E-state index contributed by atoms with van der Waals surface area (Å²) >= 11 is 0. The Hall–Kier alpha value is -0.680. The van der Waals surface area contributed by atoms with Crippen LogP contribution in [0.15, 0.2) is 0 Å². The van der Waals surface area contributed by atoms with Gasteiger partial charge in [0.05, 0.1) is 19.3 Å². The van der Waals surface area contributed by atoms with Crippen molar-refractivity contribution in [3.63, 3.8) is 0 Å². The number of nitrogens with one attached hydrogen (secondary N) is 1. The molecule has 6 nitrogen and oxygen atoms in total. The average molecular weight is 287 g/mol. The molecule has 1 heterocycles. The SMILES string of the molecule is N#CC(NS(=O)(=O)N1CCOCC1)C1CCCCC1. The van der Waals surface area contributed by atoms with Crippen molar-refractivity contribution in [3.8, 4) is 6.07 Å². The monoisotopic (exact) mass is 287 g/mol. The highest BCUT2D eigenvalue weighted by Gasteiger charge is 2.31. The van der Waals surface area contributed by atoms with Gasteiger partial charge in [-0.05, 0) is 18.8 Å². The Kier molecular flexibility index (Phi) is 5.16. The predicted octanol–water partition coefficient (Wildman–Crippen LogP) is 0.625. The summed E-state index contributed by atoms with van der Waals surface area (Å²) in [5.41, 5.74) is 0. The van der Waals surface area contributed by atoms with Crippen molar-refractivity contribution in [2.45, 2.75) is 38.1 Å². The number of hydrogen-bond acceptors (Lipinski definition) is 4. The van der Waals surface area contributed by atoms with Gasteiger partial charge in [-0.3, -0.25) is 0 Å². The molecule has 1 saturated carbocycles. The van der Waals surface area contributed by atoms with Crippen LogP contribution in [0.5, 0.6) is 0 Å². The smallest absolute Gasteiger partial charge is 0.280 e. The summed E-state index contributed by atoms with van der Waals surface area (Å²) in [6.07, 6.45) is 5.23. The Morgan fingerprint density at radius 1 is 1.21 bits per heavy atom. The molecule has 1 N–H and O–H groups in total. The summed E-state index contributed by atoms with van der Waals surface area (Å²) in [7, 11) is -3.56. The van der Waals surface area contributed by atoms with Gasteiger partial charge in [0.2, 0.25) is 0 Å². The van der Waals surface area contributed by atoms with Gasteiger partial charge in [0.25, 0.3) is 10.2 Å². The first-order chi connectivity index (χ1) is 9.13. The zero-order valence-electron chi connectivity index (χ0n) is 11.0. The standard InChI is InChI=1S/C12H21N3O3S/c13-10-12(11-4-2-1-3-5-11)14-19(16,17)15-6-8-18-9-7-15/h11-12,14H,1-9H2. The number of hydrogen-bond donors (Lipinski definition) is 1. The Balaban J connectivity index is 1.98. The highest BCUT2D eigenvalue weighted by Crippen LogP contribution is 2.26. The van der Waals surface area contributed by atoms with Gasteiger partial charge in [-0.2, -0.15) is 22.7 Å².